The van der Waals surface area contributed by atoms with Gasteiger partial charge in [-0.15, -0.1) is 0 Å². The van der Waals surface area contributed by atoms with Crippen LogP contribution in [0.15, 0.2) is 47.4 Å². The quantitative estimate of drug-likeness (QED) is 0.340. The van der Waals surface area contributed by atoms with Crippen molar-refractivity contribution in [3.63, 3.8) is 0 Å². The summed E-state index contributed by atoms with van der Waals surface area (Å²) in [4.78, 5) is 8.82. The average Bonchev–Trinajstić information content (AvgIpc) is 2.86. The monoisotopic (exact) mass is 300 g/mol. The van der Waals surface area contributed by atoms with Gasteiger partial charge >= 0.3 is 0 Å². The number of rotatable bonds is 8. The van der Waals surface area contributed by atoms with Gasteiger partial charge in [-0.2, -0.15) is 0 Å². The van der Waals surface area contributed by atoms with Crippen molar-refractivity contribution in [2.24, 2.45) is 10.7 Å². The van der Waals surface area contributed by atoms with Gasteiger partial charge < -0.3 is 10.3 Å². The number of aryl methyl sites for hydroxylation is 1. The van der Waals surface area contributed by atoms with Crippen molar-refractivity contribution in [3.05, 3.63) is 53.8 Å². The summed E-state index contributed by atoms with van der Waals surface area (Å²) in [5.74, 6) is 0.417. The average molecular weight is 300 g/mol. The van der Waals surface area contributed by atoms with E-state index in [1.165, 1.54) is 12.8 Å². The number of allylic oxidation sites excluding steroid dienone is 3. The Kier molecular flexibility index (Phi) is 7.37. The molecule has 0 bridgehead atoms. The Labute approximate surface area is 134 Å². The van der Waals surface area contributed by atoms with Crippen LogP contribution in [0.2, 0.25) is 0 Å². The predicted molar refractivity (Wildman–Crippen MR) is 94.9 cm³/mol. The highest BCUT2D eigenvalue weighted by molar-refractivity contribution is 5.97. The van der Waals surface area contributed by atoms with Gasteiger partial charge in [-0.3, -0.25) is 0 Å². The molecule has 1 rings (SSSR count). The molecule has 1 heterocycles. The first kappa shape index (κ1) is 18.0. The first-order valence-electron chi connectivity index (χ1n) is 7.89. The molecule has 4 heteroatoms. The standard InChI is InChI=1S/C18H28N4/c1-6-9-10-12-22-13-20-17(15(22)5)18(19)21-14(4)16(8-3)11-7-2/h7-8,11,13H,4,6,9-10,12H2,1-3,5H3,(H2,19,21)/b11-7-,16-8+. The smallest absolute Gasteiger partial charge is 0.151 e. The van der Waals surface area contributed by atoms with Gasteiger partial charge in [0.25, 0.3) is 0 Å². The lowest BCUT2D eigenvalue weighted by Gasteiger charge is -2.06. The third-order valence-corrected chi connectivity index (χ3v) is 3.59. The third kappa shape index (κ3) is 4.72. The van der Waals surface area contributed by atoms with E-state index in [0.29, 0.717) is 11.5 Å². The van der Waals surface area contributed by atoms with Crippen LogP contribution in [0.1, 0.15) is 51.4 Å². The van der Waals surface area contributed by atoms with Crippen LogP contribution in [0.4, 0.5) is 0 Å². The van der Waals surface area contributed by atoms with Crippen LogP contribution in [0.5, 0.6) is 0 Å². The molecule has 0 saturated carbocycles. The maximum absolute atomic E-state index is 6.12. The number of aliphatic imine (C=N–C) groups is 1. The van der Waals surface area contributed by atoms with Crippen molar-refractivity contribution in [3.8, 4) is 0 Å². The summed E-state index contributed by atoms with van der Waals surface area (Å²) in [6.45, 7) is 13.1. The maximum Gasteiger partial charge on any atom is 0.151 e. The van der Waals surface area contributed by atoms with Crippen LogP contribution in [0.3, 0.4) is 0 Å². The Morgan fingerprint density at radius 3 is 2.73 bits per heavy atom. The van der Waals surface area contributed by atoms with Crippen LogP contribution >= 0.6 is 0 Å². The van der Waals surface area contributed by atoms with Crippen molar-refractivity contribution in [1.29, 1.82) is 0 Å². The topological polar surface area (TPSA) is 56.2 Å². The first-order valence-corrected chi connectivity index (χ1v) is 7.89. The van der Waals surface area contributed by atoms with Crippen LogP contribution in [0, 0.1) is 6.92 Å². The molecule has 0 saturated heterocycles. The van der Waals surface area contributed by atoms with E-state index in [-0.39, 0.29) is 0 Å². The molecule has 0 aliphatic carbocycles. The molecule has 120 valence electrons. The number of nitrogens with zero attached hydrogens (tertiary/aromatic N) is 3. The number of unbranched alkanes of at least 4 members (excludes halogenated alkanes) is 2. The lowest BCUT2D eigenvalue weighted by molar-refractivity contribution is 0.592. The van der Waals surface area contributed by atoms with Crippen LogP contribution in [0.25, 0.3) is 0 Å². The van der Waals surface area contributed by atoms with Gasteiger partial charge in [0.1, 0.15) is 5.69 Å². The first-order chi connectivity index (χ1) is 10.5. The highest BCUT2D eigenvalue weighted by Crippen LogP contribution is 2.14. The van der Waals surface area contributed by atoms with E-state index in [9.17, 15) is 0 Å². The van der Waals surface area contributed by atoms with E-state index < -0.39 is 0 Å². The van der Waals surface area contributed by atoms with Crippen molar-refractivity contribution in [2.45, 2.75) is 53.5 Å². The molecule has 2 N–H and O–H groups in total. The van der Waals surface area contributed by atoms with Gasteiger partial charge in [-0.1, -0.05) is 44.6 Å². The fourth-order valence-corrected chi connectivity index (χ4v) is 2.25. The van der Waals surface area contributed by atoms with Gasteiger partial charge in [-0.25, -0.2) is 9.98 Å². The zero-order chi connectivity index (χ0) is 16.5. The summed E-state index contributed by atoms with van der Waals surface area (Å²) >= 11 is 0. The molecule has 4 nitrogen and oxygen atoms in total. The zero-order valence-electron chi connectivity index (χ0n) is 14.3. The summed E-state index contributed by atoms with van der Waals surface area (Å²) < 4.78 is 2.14. The SMILES string of the molecule is C=C(/N=C(/N)c1ncn(CCCCC)c1C)C(/C=C\C)=C/C. The van der Waals surface area contributed by atoms with Gasteiger partial charge in [0.2, 0.25) is 0 Å². The van der Waals surface area contributed by atoms with Crippen molar-refractivity contribution in [2.75, 3.05) is 0 Å². The fourth-order valence-electron chi connectivity index (χ4n) is 2.25. The second kappa shape index (κ2) is 9.03. The van der Waals surface area contributed by atoms with Crippen LogP contribution in [-0.2, 0) is 6.54 Å². The molecule has 0 aromatic carbocycles. The number of amidine groups is 1. The Morgan fingerprint density at radius 2 is 2.14 bits per heavy atom. The van der Waals surface area contributed by atoms with E-state index in [0.717, 1.165) is 29.9 Å². The highest BCUT2D eigenvalue weighted by Gasteiger charge is 2.10. The molecule has 0 radical (unpaired) electrons. The summed E-state index contributed by atoms with van der Waals surface area (Å²) in [6, 6.07) is 0. The molecule has 0 unspecified atom stereocenters. The number of nitrogens with two attached hydrogens (primary N) is 1. The highest BCUT2D eigenvalue weighted by atomic mass is 15.1. The summed E-state index contributed by atoms with van der Waals surface area (Å²) in [5, 5.41) is 0. The Morgan fingerprint density at radius 1 is 1.41 bits per heavy atom. The molecule has 0 spiro atoms. The van der Waals surface area contributed by atoms with E-state index in [1.807, 2.05) is 45.3 Å². The minimum absolute atomic E-state index is 0.417. The number of imidazole rings is 1. The molecule has 1 aromatic heterocycles. The fraction of sp³-hybridized carbons (Fsp3) is 0.444. The number of aromatic nitrogens is 2. The summed E-state index contributed by atoms with van der Waals surface area (Å²) in [6.07, 6.45) is 11.3. The molecule has 0 aliphatic heterocycles. The Balaban J connectivity index is 2.91. The van der Waals surface area contributed by atoms with E-state index in [1.54, 1.807) is 0 Å². The Hall–Kier alpha value is -2.10. The zero-order valence-corrected chi connectivity index (χ0v) is 14.3. The molecule has 0 amide bonds. The van der Waals surface area contributed by atoms with Crippen molar-refractivity contribution < 1.29 is 0 Å². The number of hydrogen-bond acceptors (Lipinski definition) is 2. The van der Waals surface area contributed by atoms with E-state index >= 15 is 0 Å². The maximum atomic E-state index is 6.12. The van der Waals surface area contributed by atoms with Crippen molar-refractivity contribution in [1.82, 2.24) is 9.55 Å². The van der Waals surface area contributed by atoms with Crippen molar-refractivity contribution >= 4 is 5.84 Å². The lowest BCUT2D eigenvalue weighted by Crippen LogP contribution is -2.16. The number of hydrogen-bond donors (Lipinski definition) is 1. The van der Waals surface area contributed by atoms with Gasteiger partial charge in [0.15, 0.2) is 5.84 Å². The molecule has 0 fully saturated rings. The predicted octanol–water partition coefficient (Wildman–Crippen LogP) is 4.12. The second-order valence-electron chi connectivity index (χ2n) is 5.27. The largest absolute Gasteiger partial charge is 0.382 e. The third-order valence-electron chi connectivity index (χ3n) is 3.59. The molecule has 0 aliphatic rings. The minimum Gasteiger partial charge on any atom is -0.382 e. The summed E-state index contributed by atoms with van der Waals surface area (Å²) in [7, 11) is 0. The van der Waals surface area contributed by atoms with E-state index in [4.69, 9.17) is 5.73 Å². The normalized spacial score (nSPS) is 13.1. The molecular weight excluding hydrogens is 272 g/mol. The van der Waals surface area contributed by atoms with Gasteiger partial charge in [0, 0.05) is 12.2 Å². The molecule has 22 heavy (non-hydrogen) atoms. The Bertz CT molecular complexity index is 588. The second-order valence-corrected chi connectivity index (χ2v) is 5.27. The lowest BCUT2D eigenvalue weighted by atomic mass is 10.2. The van der Waals surface area contributed by atoms with Gasteiger partial charge in [0.05, 0.1) is 12.0 Å². The van der Waals surface area contributed by atoms with E-state index in [2.05, 4.69) is 28.0 Å². The summed E-state index contributed by atoms with van der Waals surface area (Å²) in [5.41, 5.74) is 9.53. The minimum atomic E-state index is 0.417. The van der Waals surface area contributed by atoms with Crippen LogP contribution < -0.4 is 5.73 Å². The van der Waals surface area contributed by atoms with Crippen LogP contribution in [-0.4, -0.2) is 15.4 Å². The molecular formula is C18H28N4. The van der Waals surface area contributed by atoms with Gasteiger partial charge in [-0.05, 0) is 32.8 Å². The molecule has 1 aromatic rings. The molecule has 0 atom stereocenters.